The maximum Gasteiger partial charge on any atom is 0.262 e. The first-order chi connectivity index (χ1) is 29.3. The highest BCUT2D eigenvalue weighted by Crippen LogP contribution is 2.39. The second-order valence-electron chi connectivity index (χ2n) is 16.8. The molecule has 60 heavy (non-hydrogen) atoms. The van der Waals surface area contributed by atoms with Crippen LogP contribution in [-0.4, -0.2) is 115 Å². The summed E-state index contributed by atoms with van der Waals surface area (Å²) >= 11 is 0. The lowest BCUT2D eigenvalue weighted by Gasteiger charge is -2.48. The minimum atomic E-state index is -1.39. The number of rotatable bonds is 10. The van der Waals surface area contributed by atoms with Crippen molar-refractivity contribution in [3.63, 3.8) is 0 Å². The second kappa shape index (κ2) is 15.4. The number of nitrogens with zero attached hydrogens (tertiary/aromatic N) is 7. The molecule has 0 radical (unpaired) electrons. The molecule has 4 aliphatic heterocycles. The van der Waals surface area contributed by atoms with E-state index in [0.29, 0.717) is 29.9 Å². The van der Waals surface area contributed by atoms with E-state index in [1.54, 1.807) is 18.2 Å². The maximum atomic E-state index is 13.5. The van der Waals surface area contributed by atoms with Crippen LogP contribution in [0.25, 0.3) is 22.3 Å². The van der Waals surface area contributed by atoms with Gasteiger partial charge in [-0.15, -0.1) is 0 Å². The largest absolute Gasteiger partial charge is 0.490 e. The fourth-order valence-corrected chi connectivity index (χ4v) is 9.81. The van der Waals surface area contributed by atoms with Crippen LogP contribution in [0, 0.1) is 0 Å². The lowest BCUT2D eigenvalue weighted by atomic mass is 9.85. The minimum Gasteiger partial charge on any atom is -0.490 e. The smallest absolute Gasteiger partial charge is 0.262 e. The number of carbonyl (C=O) groups is 4. The van der Waals surface area contributed by atoms with Crippen molar-refractivity contribution in [2.45, 2.75) is 81.1 Å². The number of fused-ring (bicyclic) bond motifs is 2. The van der Waals surface area contributed by atoms with Crippen LogP contribution < -0.4 is 20.5 Å². The van der Waals surface area contributed by atoms with Crippen molar-refractivity contribution in [1.82, 2.24) is 39.8 Å². The number of para-hydroxylation sites is 1. The van der Waals surface area contributed by atoms with Crippen molar-refractivity contribution in [2.75, 3.05) is 38.5 Å². The zero-order valence-corrected chi connectivity index (χ0v) is 33.2. The van der Waals surface area contributed by atoms with E-state index in [1.165, 1.54) is 6.33 Å². The topological polar surface area (TPSA) is 178 Å². The summed E-state index contributed by atoms with van der Waals surface area (Å²) in [6.45, 7) is 3.92. The van der Waals surface area contributed by atoms with Crippen molar-refractivity contribution >= 4 is 40.9 Å². The molecule has 1 unspecified atom stereocenters. The Morgan fingerprint density at radius 1 is 0.800 bits per heavy atom. The van der Waals surface area contributed by atoms with E-state index in [4.69, 9.17) is 25.3 Å². The molecular formula is C45H47N9O6. The van der Waals surface area contributed by atoms with Gasteiger partial charge in [0.15, 0.2) is 5.65 Å². The van der Waals surface area contributed by atoms with Gasteiger partial charge in [0.25, 0.3) is 11.8 Å². The molecule has 2 aromatic heterocycles. The summed E-state index contributed by atoms with van der Waals surface area (Å²) in [4.78, 5) is 66.0. The Morgan fingerprint density at radius 3 is 2.30 bits per heavy atom. The second-order valence-corrected chi connectivity index (χ2v) is 16.8. The fourth-order valence-electron chi connectivity index (χ4n) is 9.81. The number of likely N-dealkylation sites (tertiary alicyclic amines) is 2. The predicted molar refractivity (Wildman–Crippen MR) is 222 cm³/mol. The number of nitrogens with one attached hydrogen (secondary N) is 1. The van der Waals surface area contributed by atoms with E-state index in [1.807, 2.05) is 54.6 Å². The molecule has 0 bridgehead atoms. The number of carbonyl (C=O) groups excluding carboxylic acids is 4. The molecule has 0 spiro atoms. The zero-order valence-electron chi connectivity index (χ0n) is 33.2. The lowest BCUT2D eigenvalue weighted by molar-refractivity contribution is -0.127. The summed E-state index contributed by atoms with van der Waals surface area (Å²) < 4.78 is 14.4. The number of ether oxygens (including phenoxy) is 2. The number of imide groups is 1. The highest BCUT2D eigenvalue weighted by Gasteiger charge is 2.51. The molecule has 10 rings (SSSR count). The molecule has 3 aromatic carbocycles. The maximum absolute atomic E-state index is 13.5. The average molecular weight is 810 g/mol. The summed E-state index contributed by atoms with van der Waals surface area (Å²) in [5.41, 5.74) is 8.04. The molecular weight excluding hydrogens is 763 g/mol. The number of hydrogen-bond donors (Lipinski definition) is 2. The Morgan fingerprint density at radius 2 is 1.55 bits per heavy atom. The Labute approximate surface area is 346 Å². The number of aldehydes is 1. The molecule has 3 saturated heterocycles. The van der Waals surface area contributed by atoms with E-state index in [9.17, 15) is 19.2 Å². The van der Waals surface area contributed by atoms with Crippen molar-refractivity contribution in [3.05, 3.63) is 90.3 Å². The van der Waals surface area contributed by atoms with Gasteiger partial charge in [0.1, 0.15) is 53.0 Å². The van der Waals surface area contributed by atoms with Gasteiger partial charge in [-0.1, -0.05) is 18.2 Å². The monoisotopic (exact) mass is 809 g/mol. The predicted octanol–water partition coefficient (Wildman–Crippen LogP) is 5.02. The number of anilines is 1. The van der Waals surface area contributed by atoms with Crippen LogP contribution in [0.1, 0.15) is 78.1 Å². The van der Waals surface area contributed by atoms with E-state index >= 15 is 0 Å². The fraction of sp³-hybridized carbons (Fsp3) is 0.400. The minimum absolute atomic E-state index is 0.0130. The summed E-state index contributed by atoms with van der Waals surface area (Å²) in [5.74, 6) is 1.22. The molecule has 15 nitrogen and oxygen atoms in total. The number of nitrogens with two attached hydrogens (primary N) is 1. The summed E-state index contributed by atoms with van der Waals surface area (Å²) in [6.07, 6.45) is 8.38. The van der Waals surface area contributed by atoms with Gasteiger partial charge < -0.3 is 25.3 Å². The first-order valence-electron chi connectivity index (χ1n) is 21.0. The van der Waals surface area contributed by atoms with Crippen LogP contribution in [0.4, 0.5) is 5.82 Å². The van der Waals surface area contributed by atoms with Crippen LogP contribution in [-0.2, 0) is 9.59 Å². The highest BCUT2D eigenvalue weighted by molar-refractivity contribution is 6.23. The van der Waals surface area contributed by atoms with Crippen LogP contribution in [0.5, 0.6) is 17.2 Å². The molecule has 3 N–H and O–H groups in total. The van der Waals surface area contributed by atoms with Crippen LogP contribution in [0.2, 0.25) is 0 Å². The van der Waals surface area contributed by atoms with Gasteiger partial charge in [-0.25, -0.2) is 14.6 Å². The number of hydrogen-bond acceptors (Lipinski definition) is 12. The lowest BCUT2D eigenvalue weighted by Crippen LogP contribution is -2.61. The van der Waals surface area contributed by atoms with Crippen molar-refractivity contribution in [2.24, 2.45) is 0 Å². The van der Waals surface area contributed by atoms with Gasteiger partial charge in [0.05, 0.1) is 22.6 Å². The normalized spacial score (nSPS) is 25.2. The van der Waals surface area contributed by atoms with Crippen molar-refractivity contribution in [1.29, 1.82) is 0 Å². The quantitative estimate of drug-likeness (QED) is 0.142. The summed E-state index contributed by atoms with van der Waals surface area (Å²) in [6, 6.07) is 23.6. The Balaban J connectivity index is 0.743. The number of piperidine rings is 3. The molecule has 4 fully saturated rings. The molecule has 6 heterocycles. The van der Waals surface area contributed by atoms with Gasteiger partial charge >= 0.3 is 0 Å². The third-order valence-corrected chi connectivity index (χ3v) is 13.2. The Hall–Kier alpha value is -6.19. The van der Waals surface area contributed by atoms with Gasteiger partial charge in [0.2, 0.25) is 5.91 Å². The number of aromatic nitrogens is 4. The molecule has 1 aliphatic carbocycles. The molecule has 308 valence electrons. The van der Waals surface area contributed by atoms with Crippen molar-refractivity contribution in [3.8, 4) is 28.5 Å². The van der Waals surface area contributed by atoms with Crippen molar-refractivity contribution < 1.29 is 28.7 Å². The molecule has 5 aromatic rings. The van der Waals surface area contributed by atoms with E-state index in [2.05, 4.69) is 24.8 Å². The highest BCUT2D eigenvalue weighted by atomic mass is 16.5. The number of amides is 3. The molecule has 15 heteroatoms. The number of nitrogen functional groups attached to an aromatic ring is 1. The van der Waals surface area contributed by atoms with Gasteiger partial charge in [-0.2, -0.15) is 5.10 Å². The van der Waals surface area contributed by atoms with Gasteiger partial charge in [-0.05, 0) is 106 Å². The van der Waals surface area contributed by atoms with E-state index < -0.39 is 17.4 Å². The third-order valence-electron chi connectivity index (χ3n) is 13.2. The number of benzene rings is 3. The summed E-state index contributed by atoms with van der Waals surface area (Å²) in [7, 11) is 0. The summed E-state index contributed by atoms with van der Waals surface area (Å²) in [5, 5.41) is 8.58. The Kier molecular flexibility index (Phi) is 9.79. The first-order valence-corrected chi connectivity index (χ1v) is 21.0. The van der Waals surface area contributed by atoms with Crippen LogP contribution in [0.15, 0.2) is 79.1 Å². The molecule has 1 saturated carbocycles. The van der Waals surface area contributed by atoms with Crippen LogP contribution >= 0.6 is 0 Å². The van der Waals surface area contributed by atoms with Crippen LogP contribution in [0.3, 0.4) is 0 Å². The van der Waals surface area contributed by atoms with Gasteiger partial charge in [0, 0.05) is 50.0 Å². The third kappa shape index (κ3) is 6.84. The average Bonchev–Trinajstić information content (AvgIpc) is 3.78. The Bertz CT molecular complexity index is 2450. The molecule has 3 amide bonds. The molecule has 5 aliphatic rings. The van der Waals surface area contributed by atoms with E-state index in [-0.39, 0.29) is 48.6 Å². The molecule has 2 atom stereocenters. The zero-order chi connectivity index (χ0) is 41.0. The first kappa shape index (κ1) is 38.0. The van der Waals surface area contributed by atoms with E-state index in [0.717, 1.165) is 103 Å². The standard InChI is InChI=1S/C45H47N9O6/c46-41-39-40(28-8-10-33(11-9-28)59-32-6-2-1-3-7-32)50-54(42(39)49-27-48-41)30-5-4-18-52(24-30)29-15-19-51(20-16-29)31-21-35(22-31)60-34-12-13-36-37(23-34)44(58)53(43(36)57)45(26-55)17-14-38(56)47-25-45/h1-3,6-13,23,26-27,29-31,35H,4-5,14-22,24-25H2,(H,47,56)(H2,46,48,49)/t30-,31?,35?,45?/m1/s1. The SMILES string of the molecule is Nc1ncnc2c1c(-c1ccc(Oc3ccccc3)cc1)nn2[C@@H]1CCCN(C2CCN(C3CC(Oc4ccc5c(c4)C(=O)N(C4(C=O)CCC(=O)NC4)C5=O)C3)CC2)C1. The van der Waals surface area contributed by atoms with Gasteiger partial charge in [-0.3, -0.25) is 29.1 Å².